The standard InChI is InChI=1S/C22H21ClN6O5S/c1-27-18-13(3-2-4-14(18)23)20(31)28(21(27)32)8-7-24-9-12-10-29(22(33)34-12)16-6-5-15-19(25-16)26-17(30)11-35-15/h2-6,12,24H,7-11H2,1H3,(H,25,26,30)/t12-/m0/s1. The van der Waals surface area contributed by atoms with Crippen LogP contribution in [0.15, 0.2) is 44.8 Å². The number of benzene rings is 1. The number of amides is 2. The molecule has 3 aromatic rings. The summed E-state index contributed by atoms with van der Waals surface area (Å²) in [5, 5.41) is 6.56. The van der Waals surface area contributed by atoms with Crippen LogP contribution < -0.4 is 26.8 Å². The minimum atomic E-state index is -0.532. The molecule has 0 bridgehead atoms. The number of anilines is 2. The van der Waals surface area contributed by atoms with Crippen molar-refractivity contribution in [3.05, 3.63) is 56.2 Å². The Kier molecular flexibility index (Phi) is 6.26. The number of pyridine rings is 1. The summed E-state index contributed by atoms with van der Waals surface area (Å²) in [6.07, 6.45) is -0.977. The number of para-hydroxylation sites is 1. The molecule has 35 heavy (non-hydrogen) atoms. The van der Waals surface area contributed by atoms with Gasteiger partial charge in [-0.3, -0.25) is 23.6 Å². The molecule has 2 aromatic heterocycles. The van der Waals surface area contributed by atoms with Crippen molar-refractivity contribution >= 4 is 57.9 Å². The zero-order valence-electron chi connectivity index (χ0n) is 18.6. The molecular weight excluding hydrogens is 496 g/mol. The molecule has 2 aliphatic rings. The van der Waals surface area contributed by atoms with Crippen molar-refractivity contribution in [2.45, 2.75) is 17.5 Å². The van der Waals surface area contributed by atoms with Gasteiger partial charge in [-0.25, -0.2) is 14.6 Å². The maximum absolute atomic E-state index is 12.8. The zero-order valence-corrected chi connectivity index (χ0v) is 20.2. The molecule has 2 aliphatic heterocycles. The quantitative estimate of drug-likeness (QED) is 0.471. The van der Waals surface area contributed by atoms with Gasteiger partial charge in [0.05, 0.1) is 33.1 Å². The van der Waals surface area contributed by atoms with Crippen LogP contribution in [0.3, 0.4) is 0 Å². The third-order valence-electron chi connectivity index (χ3n) is 5.81. The van der Waals surface area contributed by atoms with Crippen molar-refractivity contribution in [1.82, 2.24) is 19.4 Å². The Morgan fingerprint density at radius 1 is 1.23 bits per heavy atom. The summed E-state index contributed by atoms with van der Waals surface area (Å²) in [5.74, 6) is 1.02. The van der Waals surface area contributed by atoms with E-state index in [1.54, 1.807) is 31.3 Å². The first-order valence-corrected chi connectivity index (χ1v) is 12.2. The average Bonchev–Trinajstić information content (AvgIpc) is 3.21. The van der Waals surface area contributed by atoms with Crippen molar-refractivity contribution in [3.63, 3.8) is 0 Å². The van der Waals surface area contributed by atoms with Crippen molar-refractivity contribution < 1.29 is 14.3 Å². The van der Waals surface area contributed by atoms with E-state index < -0.39 is 23.4 Å². The second kappa shape index (κ2) is 9.36. The molecule has 13 heteroatoms. The lowest BCUT2D eigenvalue weighted by Crippen LogP contribution is -2.42. The monoisotopic (exact) mass is 516 g/mol. The average molecular weight is 517 g/mol. The van der Waals surface area contributed by atoms with E-state index in [2.05, 4.69) is 15.6 Å². The van der Waals surface area contributed by atoms with E-state index in [0.717, 1.165) is 9.46 Å². The van der Waals surface area contributed by atoms with Crippen molar-refractivity contribution in [3.8, 4) is 0 Å². The second-order valence-corrected chi connectivity index (χ2v) is 9.53. The number of carbonyl (C=O) groups excluding carboxylic acids is 2. The van der Waals surface area contributed by atoms with E-state index in [1.807, 2.05) is 6.07 Å². The lowest BCUT2D eigenvalue weighted by atomic mass is 10.2. The molecule has 182 valence electrons. The number of rotatable bonds is 6. The molecule has 1 saturated heterocycles. The molecule has 0 saturated carbocycles. The van der Waals surface area contributed by atoms with E-state index in [4.69, 9.17) is 16.3 Å². The molecule has 0 spiro atoms. The minimum Gasteiger partial charge on any atom is -0.443 e. The predicted octanol–water partition coefficient (Wildman–Crippen LogP) is 1.41. The van der Waals surface area contributed by atoms with Gasteiger partial charge in [0.15, 0.2) is 0 Å². The van der Waals surface area contributed by atoms with Crippen LogP contribution in [0.2, 0.25) is 5.02 Å². The van der Waals surface area contributed by atoms with E-state index in [9.17, 15) is 19.2 Å². The second-order valence-electron chi connectivity index (χ2n) is 8.11. The maximum atomic E-state index is 12.8. The van der Waals surface area contributed by atoms with Gasteiger partial charge in [-0.05, 0) is 24.3 Å². The fourth-order valence-electron chi connectivity index (χ4n) is 4.11. The smallest absolute Gasteiger partial charge is 0.416 e. The van der Waals surface area contributed by atoms with Crippen molar-refractivity contribution in [1.29, 1.82) is 0 Å². The van der Waals surface area contributed by atoms with E-state index >= 15 is 0 Å². The molecule has 1 aromatic carbocycles. The molecule has 11 nitrogen and oxygen atoms in total. The number of cyclic esters (lactones) is 1. The number of hydrogen-bond donors (Lipinski definition) is 2. The topological polar surface area (TPSA) is 128 Å². The number of aromatic nitrogens is 3. The van der Waals surface area contributed by atoms with Crippen molar-refractivity contribution in [2.75, 3.05) is 35.6 Å². The minimum absolute atomic E-state index is 0.137. The van der Waals surface area contributed by atoms with Crippen LogP contribution in [-0.4, -0.2) is 57.6 Å². The van der Waals surface area contributed by atoms with Gasteiger partial charge in [-0.1, -0.05) is 17.7 Å². The SMILES string of the molecule is Cn1c(=O)n(CCNC[C@H]2CN(c3ccc4c(n3)NC(=O)CS4)C(=O)O2)c(=O)c2cccc(Cl)c21. The Morgan fingerprint density at radius 2 is 2.06 bits per heavy atom. The zero-order chi connectivity index (χ0) is 24.7. The fraction of sp³-hybridized carbons (Fsp3) is 0.318. The summed E-state index contributed by atoms with van der Waals surface area (Å²) in [7, 11) is 1.57. The van der Waals surface area contributed by atoms with Gasteiger partial charge in [-0.2, -0.15) is 0 Å². The Balaban J connectivity index is 1.22. The number of aryl methyl sites for hydroxylation is 1. The molecule has 4 heterocycles. The van der Waals surface area contributed by atoms with Gasteiger partial charge < -0.3 is 15.4 Å². The van der Waals surface area contributed by atoms with Crippen LogP contribution in [0, 0.1) is 0 Å². The highest BCUT2D eigenvalue weighted by molar-refractivity contribution is 8.00. The molecule has 0 radical (unpaired) electrons. The summed E-state index contributed by atoms with van der Waals surface area (Å²) in [4.78, 5) is 56.2. The highest BCUT2D eigenvalue weighted by Crippen LogP contribution is 2.32. The molecule has 2 amide bonds. The molecule has 2 N–H and O–H groups in total. The Bertz CT molecular complexity index is 1470. The molecule has 0 aliphatic carbocycles. The highest BCUT2D eigenvalue weighted by Gasteiger charge is 2.33. The number of halogens is 1. The molecule has 1 fully saturated rings. The number of nitrogens with one attached hydrogen (secondary N) is 2. The van der Waals surface area contributed by atoms with Crippen LogP contribution >= 0.6 is 23.4 Å². The van der Waals surface area contributed by atoms with E-state index in [0.29, 0.717) is 46.4 Å². The van der Waals surface area contributed by atoms with Gasteiger partial charge >= 0.3 is 11.8 Å². The van der Waals surface area contributed by atoms with Crippen LogP contribution in [0.1, 0.15) is 0 Å². The largest absolute Gasteiger partial charge is 0.443 e. The van der Waals surface area contributed by atoms with Gasteiger partial charge in [0, 0.05) is 26.7 Å². The van der Waals surface area contributed by atoms with Crippen LogP contribution in [0.5, 0.6) is 0 Å². The number of fused-ring (bicyclic) bond motifs is 2. The summed E-state index contributed by atoms with van der Waals surface area (Å²) in [5.41, 5.74) is -0.463. The summed E-state index contributed by atoms with van der Waals surface area (Å²) >= 11 is 7.57. The van der Waals surface area contributed by atoms with Crippen LogP contribution in [0.4, 0.5) is 16.4 Å². The summed E-state index contributed by atoms with van der Waals surface area (Å²) in [6.45, 7) is 1.06. The Hall–Kier alpha value is -3.35. The summed E-state index contributed by atoms with van der Waals surface area (Å²) < 4.78 is 7.94. The lowest BCUT2D eigenvalue weighted by Gasteiger charge is -2.18. The molecule has 0 unspecified atom stereocenters. The number of nitrogens with zero attached hydrogens (tertiary/aromatic N) is 4. The molecule has 5 rings (SSSR count). The first-order chi connectivity index (χ1) is 16.8. The van der Waals surface area contributed by atoms with Crippen LogP contribution in [0.25, 0.3) is 10.9 Å². The van der Waals surface area contributed by atoms with Gasteiger partial charge in [0.25, 0.3) is 5.56 Å². The first kappa shape index (κ1) is 23.4. The van der Waals surface area contributed by atoms with Crippen molar-refractivity contribution in [2.24, 2.45) is 7.05 Å². The van der Waals surface area contributed by atoms with Gasteiger partial charge in [0.2, 0.25) is 5.91 Å². The number of carbonyl (C=O) groups is 2. The third-order valence-corrected chi connectivity index (χ3v) is 7.16. The molecule has 1 atom stereocenters. The predicted molar refractivity (Wildman–Crippen MR) is 133 cm³/mol. The first-order valence-electron chi connectivity index (χ1n) is 10.8. The number of hydrogen-bond acceptors (Lipinski definition) is 8. The lowest BCUT2D eigenvalue weighted by molar-refractivity contribution is -0.113. The van der Waals surface area contributed by atoms with E-state index in [1.165, 1.54) is 21.2 Å². The number of thioether (sulfide) groups is 1. The number of ether oxygens (including phenoxy) is 1. The van der Waals surface area contributed by atoms with Gasteiger partial charge in [0.1, 0.15) is 17.7 Å². The molecular formula is C22H21ClN6O5S. The third kappa shape index (κ3) is 4.40. The maximum Gasteiger partial charge on any atom is 0.416 e. The normalized spacial score (nSPS) is 17.4. The van der Waals surface area contributed by atoms with Crippen LogP contribution in [-0.2, 0) is 23.1 Å². The van der Waals surface area contributed by atoms with Gasteiger partial charge in [-0.15, -0.1) is 11.8 Å². The fourth-order valence-corrected chi connectivity index (χ4v) is 5.17. The highest BCUT2D eigenvalue weighted by atomic mass is 35.5. The Morgan fingerprint density at radius 3 is 2.89 bits per heavy atom. The summed E-state index contributed by atoms with van der Waals surface area (Å²) in [6, 6.07) is 8.47. The van der Waals surface area contributed by atoms with E-state index in [-0.39, 0.29) is 19.0 Å². The Labute approximate surface area is 208 Å².